The zero-order valence-electron chi connectivity index (χ0n) is 7.92. The Morgan fingerprint density at radius 2 is 2.08 bits per heavy atom. The molecule has 1 N–H and O–H groups in total. The molecule has 0 bridgehead atoms. The van der Waals surface area contributed by atoms with Crippen LogP contribution < -0.4 is 4.90 Å². The molecule has 0 aliphatic carbocycles. The van der Waals surface area contributed by atoms with Gasteiger partial charge in [-0.3, -0.25) is 0 Å². The molecule has 0 saturated carbocycles. The van der Waals surface area contributed by atoms with Crippen molar-refractivity contribution < 1.29 is 9.50 Å². The van der Waals surface area contributed by atoms with Crippen LogP contribution in [0.4, 0.5) is 10.1 Å². The van der Waals surface area contributed by atoms with E-state index in [1.165, 1.54) is 12.1 Å². The molecule has 3 heteroatoms. The minimum absolute atomic E-state index is 0.0898. The second-order valence-corrected chi connectivity index (χ2v) is 3.14. The largest absolute Gasteiger partial charge is 0.396 e. The number of anilines is 1. The van der Waals surface area contributed by atoms with Crippen molar-refractivity contribution >= 4 is 5.69 Å². The summed E-state index contributed by atoms with van der Waals surface area (Å²) < 4.78 is 12.9. The van der Waals surface area contributed by atoms with Gasteiger partial charge in [0.2, 0.25) is 0 Å². The summed E-state index contributed by atoms with van der Waals surface area (Å²) in [5.41, 5.74) is 1.79. The van der Waals surface area contributed by atoms with E-state index in [9.17, 15) is 4.39 Å². The van der Waals surface area contributed by atoms with Crippen molar-refractivity contribution in [2.45, 2.75) is 6.42 Å². The van der Waals surface area contributed by atoms with E-state index in [2.05, 4.69) is 0 Å². The lowest BCUT2D eigenvalue weighted by molar-refractivity contribution is 0.299. The summed E-state index contributed by atoms with van der Waals surface area (Å²) in [4.78, 5) is 1.84. The maximum absolute atomic E-state index is 12.9. The molecule has 2 nitrogen and oxygen atoms in total. The molecule has 0 heterocycles. The quantitative estimate of drug-likeness (QED) is 0.766. The highest BCUT2D eigenvalue weighted by Gasteiger charge is 2.04. The first kappa shape index (κ1) is 9.99. The van der Waals surface area contributed by atoms with Crippen molar-refractivity contribution in [3.8, 4) is 0 Å². The van der Waals surface area contributed by atoms with Gasteiger partial charge in [-0.25, -0.2) is 4.39 Å². The average molecular weight is 183 g/mol. The molecule has 0 spiro atoms. The van der Waals surface area contributed by atoms with Gasteiger partial charge in [0.1, 0.15) is 5.82 Å². The van der Waals surface area contributed by atoms with E-state index < -0.39 is 0 Å². The van der Waals surface area contributed by atoms with Crippen LogP contribution in [-0.2, 0) is 6.42 Å². The van der Waals surface area contributed by atoms with Gasteiger partial charge in [-0.05, 0) is 24.1 Å². The maximum Gasteiger partial charge on any atom is 0.125 e. The Morgan fingerprint density at radius 1 is 1.38 bits per heavy atom. The third-order valence-electron chi connectivity index (χ3n) is 1.91. The average Bonchev–Trinajstić information content (AvgIpc) is 2.08. The summed E-state index contributed by atoms with van der Waals surface area (Å²) in [6.45, 7) is 0.0898. The van der Waals surface area contributed by atoms with E-state index >= 15 is 0 Å². The molecular formula is C10H14FNO. The molecule has 0 radical (unpaired) electrons. The number of rotatable bonds is 3. The fourth-order valence-electron chi connectivity index (χ4n) is 1.29. The summed E-state index contributed by atoms with van der Waals surface area (Å²) in [6.07, 6.45) is 0.563. The monoisotopic (exact) mass is 183 g/mol. The normalized spacial score (nSPS) is 10.2. The van der Waals surface area contributed by atoms with Crippen molar-refractivity contribution in [2.75, 3.05) is 25.6 Å². The van der Waals surface area contributed by atoms with Crippen LogP contribution in [0.15, 0.2) is 18.2 Å². The summed E-state index contributed by atoms with van der Waals surface area (Å²) in [5.74, 6) is -0.245. The number of halogens is 1. The summed E-state index contributed by atoms with van der Waals surface area (Å²) in [6, 6.07) is 4.60. The molecule has 0 fully saturated rings. The molecule has 13 heavy (non-hydrogen) atoms. The molecule has 0 aromatic heterocycles. The fourth-order valence-corrected chi connectivity index (χ4v) is 1.29. The number of aliphatic hydroxyl groups excluding tert-OH is 1. The van der Waals surface area contributed by atoms with Crippen LogP contribution in [0.2, 0.25) is 0 Å². The number of nitrogens with zero attached hydrogens (tertiary/aromatic N) is 1. The van der Waals surface area contributed by atoms with Gasteiger partial charge in [-0.1, -0.05) is 6.07 Å². The van der Waals surface area contributed by atoms with Crippen molar-refractivity contribution in [3.05, 3.63) is 29.6 Å². The van der Waals surface area contributed by atoms with Gasteiger partial charge in [0, 0.05) is 26.4 Å². The smallest absolute Gasteiger partial charge is 0.125 e. The van der Waals surface area contributed by atoms with Gasteiger partial charge in [0.25, 0.3) is 0 Å². The number of benzene rings is 1. The predicted octanol–water partition coefficient (Wildman–Crippen LogP) is 1.43. The molecule has 1 rings (SSSR count). The Balaban J connectivity index is 3.03. The Kier molecular flexibility index (Phi) is 3.25. The highest BCUT2D eigenvalue weighted by atomic mass is 19.1. The first-order valence-electron chi connectivity index (χ1n) is 4.21. The molecular weight excluding hydrogens is 169 g/mol. The first-order chi connectivity index (χ1) is 6.15. The third kappa shape index (κ3) is 2.42. The second kappa shape index (κ2) is 4.23. The lowest BCUT2D eigenvalue weighted by Gasteiger charge is -2.16. The van der Waals surface area contributed by atoms with E-state index in [4.69, 9.17) is 5.11 Å². The van der Waals surface area contributed by atoms with Crippen LogP contribution in [0.3, 0.4) is 0 Å². The van der Waals surface area contributed by atoms with Crippen LogP contribution in [0.5, 0.6) is 0 Å². The van der Waals surface area contributed by atoms with Crippen molar-refractivity contribution in [3.63, 3.8) is 0 Å². The molecule has 0 saturated heterocycles. The van der Waals surface area contributed by atoms with Gasteiger partial charge in [-0.15, -0.1) is 0 Å². The van der Waals surface area contributed by atoms with Gasteiger partial charge in [0.15, 0.2) is 0 Å². The molecule has 0 atom stereocenters. The lowest BCUT2D eigenvalue weighted by atomic mass is 10.1. The SMILES string of the molecule is CN(C)c1cc(F)ccc1CCO. The predicted molar refractivity (Wildman–Crippen MR) is 51.5 cm³/mol. The Hall–Kier alpha value is -1.09. The third-order valence-corrected chi connectivity index (χ3v) is 1.91. The molecule has 72 valence electrons. The Morgan fingerprint density at radius 3 is 2.62 bits per heavy atom. The standard InChI is InChI=1S/C10H14FNO/c1-12(2)10-7-9(11)4-3-8(10)5-6-13/h3-4,7,13H,5-6H2,1-2H3. The maximum atomic E-state index is 12.9. The first-order valence-corrected chi connectivity index (χ1v) is 4.21. The van der Waals surface area contributed by atoms with Crippen LogP contribution in [0, 0.1) is 5.82 Å². The Labute approximate surface area is 77.6 Å². The van der Waals surface area contributed by atoms with Crippen molar-refractivity contribution in [1.29, 1.82) is 0 Å². The topological polar surface area (TPSA) is 23.5 Å². The molecule has 0 unspecified atom stereocenters. The molecule has 1 aromatic carbocycles. The molecule has 0 amide bonds. The lowest BCUT2D eigenvalue weighted by Crippen LogP contribution is -2.12. The fraction of sp³-hybridized carbons (Fsp3) is 0.400. The molecule has 0 aliphatic heterocycles. The summed E-state index contributed by atoms with van der Waals surface area (Å²) in [5, 5.41) is 8.78. The summed E-state index contributed by atoms with van der Waals surface area (Å²) in [7, 11) is 3.71. The van der Waals surface area contributed by atoms with Crippen LogP contribution in [0.1, 0.15) is 5.56 Å². The van der Waals surface area contributed by atoms with Crippen LogP contribution >= 0.6 is 0 Å². The minimum atomic E-state index is -0.245. The number of aliphatic hydroxyl groups is 1. The van der Waals surface area contributed by atoms with Gasteiger partial charge in [0.05, 0.1) is 0 Å². The van der Waals surface area contributed by atoms with Gasteiger partial charge < -0.3 is 10.0 Å². The van der Waals surface area contributed by atoms with Crippen LogP contribution in [0.25, 0.3) is 0 Å². The molecule has 0 aliphatic rings. The van der Waals surface area contributed by atoms with E-state index in [1.807, 2.05) is 19.0 Å². The molecule has 1 aromatic rings. The van der Waals surface area contributed by atoms with Crippen molar-refractivity contribution in [1.82, 2.24) is 0 Å². The Bertz CT molecular complexity index is 286. The van der Waals surface area contributed by atoms with E-state index in [-0.39, 0.29) is 12.4 Å². The van der Waals surface area contributed by atoms with E-state index in [1.54, 1.807) is 6.07 Å². The highest BCUT2D eigenvalue weighted by molar-refractivity contribution is 5.52. The minimum Gasteiger partial charge on any atom is -0.396 e. The van der Waals surface area contributed by atoms with E-state index in [0.29, 0.717) is 6.42 Å². The number of hydrogen-bond donors (Lipinski definition) is 1. The number of hydrogen-bond acceptors (Lipinski definition) is 2. The summed E-state index contributed by atoms with van der Waals surface area (Å²) >= 11 is 0. The van der Waals surface area contributed by atoms with Gasteiger partial charge >= 0.3 is 0 Å². The zero-order chi connectivity index (χ0) is 9.84. The van der Waals surface area contributed by atoms with Gasteiger partial charge in [-0.2, -0.15) is 0 Å². The zero-order valence-corrected chi connectivity index (χ0v) is 7.92. The second-order valence-electron chi connectivity index (χ2n) is 3.14. The van der Waals surface area contributed by atoms with Crippen LogP contribution in [-0.4, -0.2) is 25.8 Å². The van der Waals surface area contributed by atoms with E-state index in [0.717, 1.165) is 11.3 Å². The van der Waals surface area contributed by atoms with Crippen molar-refractivity contribution in [2.24, 2.45) is 0 Å². The highest BCUT2D eigenvalue weighted by Crippen LogP contribution is 2.20.